The van der Waals surface area contributed by atoms with E-state index >= 15 is 0 Å². The lowest BCUT2D eigenvalue weighted by Gasteiger charge is -2.02. The van der Waals surface area contributed by atoms with Gasteiger partial charge in [0, 0.05) is 25.4 Å². The Labute approximate surface area is 90.7 Å². The van der Waals surface area contributed by atoms with Crippen LogP contribution in [0.15, 0.2) is 24.5 Å². The Kier molecular flexibility index (Phi) is 5.59. The van der Waals surface area contributed by atoms with E-state index in [1.54, 1.807) is 0 Å². The number of aliphatic carboxylic acids is 1. The second kappa shape index (κ2) is 7.10. The van der Waals surface area contributed by atoms with Gasteiger partial charge in [-0.15, -0.1) is 0 Å². The third kappa shape index (κ3) is 5.94. The molecule has 0 unspecified atom stereocenters. The van der Waals surface area contributed by atoms with Crippen molar-refractivity contribution in [1.29, 1.82) is 0 Å². The van der Waals surface area contributed by atoms with Crippen molar-refractivity contribution in [3.8, 4) is 0 Å². The zero-order valence-electron chi connectivity index (χ0n) is 9.06. The molecule has 0 saturated carbocycles. The predicted octanol–water partition coefficient (Wildman–Crippen LogP) is 2.91. The molecule has 1 N–H and O–H groups in total. The molecule has 0 aliphatic heterocycles. The summed E-state index contributed by atoms with van der Waals surface area (Å²) in [4.78, 5) is 10.2. The maximum Gasteiger partial charge on any atom is 0.303 e. The van der Waals surface area contributed by atoms with Gasteiger partial charge in [-0.25, -0.2) is 0 Å². The third-order valence-electron chi connectivity index (χ3n) is 2.47. The molecule has 0 fully saturated rings. The smallest absolute Gasteiger partial charge is 0.303 e. The second-order valence-corrected chi connectivity index (χ2v) is 3.83. The van der Waals surface area contributed by atoms with Gasteiger partial charge in [-0.05, 0) is 25.0 Å². The second-order valence-electron chi connectivity index (χ2n) is 3.83. The highest BCUT2D eigenvalue weighted by Crippen LogP contribution is 2.06. The van der Waals surface area contributed by atoms with Gasteiger partial charge in [-0.3, -0.25) is 4.79 Å². The van der Waals surface area contributed by atoms with E-state index in [0.29, 0.717) is 6.42 Å². The summed E-state index contributed by atoms with van der Waals surface area (Å²) >= 11 is 0. The van der Waals surface area contributed by atoms with Crippen LogP contribution in [0, 0.1) is 0 Å². The molecular formula is C12H19NO2. The van der Waals surface area contributed by atoms with Crippen LogP contribution in [-0.2, 0) is 11.3 Å². The number of rotatable bonds is 8. The summed E-state index contributed by atoms with van der Waals surface area (Å²) in [6.45, 7) is 1.08. The summed E-state index contributed by atoms with van der Waals surface area (Å²) in [5.41, 5.74) is 0. The molecule has 1 aromatic heterocycles. The summed E-state index contributed by atoms with van der Waals surface area (Å²) in [6.07, 6.45) is 9.84. The van der Waals surface area contributed by atoms with Gasteiger partial charge in [0.05, 0.1) is 0 Å². The van der Waals surface area contributed by atoms with Crippen LogP contribution in [-0.4, -0.2) is 15.6 Å². The Balaban J connectivity index is 1.87. The third-order valence-corrected chi connectivity index (χ3v) is 2.47. The number of hydrogen-bond acceptors (Lipinski definition) is 1. The minimum Gasteiger partial charge on any atom is -0.481 e. The lowest BCUT2D eigenvalue weighted by Crippen LogP contribution is -1.95. The van der Waals surface area contributed by atoms with Crippen LogP contribution in [0.4, 0.5) is 0 Å². The number of carboxylic acids is 1. The Morgan fingerprint density at radius 3 is 2.27 bits per heavy atom. The van der Waals surface area contributed by atoms with Crippen molar-refractivity contribution in [2.75, 3.05) is 0 Å². The Bertz CT molecular complexity index is 267. The molecule has 0 atom stereocenters. The largest absolute Gasteiger partial charge is 0.481 e. The summed E-state index contributed by atoms with van der Waals surface area (Å²) in [6, 6.07) is 4.07. The van der Waals surface area contributed by atoms with E-state index in [-0.39, 0.29) is 0 Å². The van der Waals surface area contributed by atoms with E-state index in [9.17, 15) is 4.79 Å². The maximum atomic E-state index is 10.2. The quantitative estimate of drug-likeness (QED) is 0.669. The zero-order chi connectivity index (χ0) is 10.9. The van der Waals surface area contributed by atoms with Crippen LogP contribution in [0.2, 0.25) is 0 Å². The highest BCUT2D eigenvalue weighted by atomic mass is 16.4. The molecule has 0 saturated heterocycles. The molecule has 0 bridgehead atoms. The first-order valence-corrected chi connectivity index (χ1v) is 5.61. The molecule has 3 nitrogen and oxygen atoms in total. The van der Waals surface area contributed by atoms with Gasteiger partial charge in [0.25, 0.3) is 0 Å². The normalized spacial score (nSPS) is 10.4. The number of aromatic nitrogens is 1. The van der Waals surface area contributed by atoms with Crippen LogP contribution < -0.4 is 0 Å². The highest BCUT2D eigenvalue weighted by molar-refractivity contribution is 5.66. The number of aryl methyl sites for hydroxylation is 1. The highest BCUT2D eigenvalue weighted by Gasteiger charge is 1.96. The average Bonchev–Trinajstić information content (AvgIpc) is 2.68. The van der Waals surface area contributed by atoms with Gasteiger partial charge in [0.15, 0.2) is 0 Å². The van der Waals surface area contributed by atoms with Crippen molar-refractivity contribution in [2.24, 2.45) is 0 Å². The Hall–Kier alpha value is -1.25. The van der Waals surface area contributed by atoms with E-state index in [1.165, 1.54) is 12.8 Å². The predicted molar refractivity (Wildman–Crippen MR) is 59.8 cm³/mol. The number of unbranched alkanes of at least 4 members (excludes halogenated alkanes) is 4. The first-order valence-electron chi connectivity index (χ1n) is 5.61. The van der Waals surface area contributed by atoms with Gasteiger partial charge in [-0.1, -0.05) is 19.3 Å². The molecule has 3 heteroatoms. The van der Waals surface area contributed by atoms with Crippen LogP contribution in [0.5, 0.6) is 0 Å². The van der Waals surface area contributed by atoms with Crippen molar-refractivity contribution >= 4 is 5.97 Å². The van der Waals surface area contributed by atoms with Crippen molar-refractivity contribution in [2.45, 2.75) is 45.1 Å². The van der Waals surface area contributed by atoms with Crippen LogP contribution in [0.1, 0.15) is 38.5 Å². The fraction of sp³-hybridized carbons (Fsp3) is 0.583. The summed E-state index contributed by atoms with van der Waals surface area (Å²) in [5.74, 6) is -0.678. The van der Waals surface area contributed by atoms with Gasteiger partial charge >= 0.3 is 5.97 Å². The fourth-order valence-corrected chi connectivity index (χ4v) is 1.62. The Morgan fingerprint density at radius 2 is 1.60 bits per heavy atom. The van der Waals surface area contributed by atoms with Crippen molar-refractivity contribution < 1.29 is 9.90 Å². The van der Waals surface area contributed by atoms with E-state index < -0.39 is 5.97 Å². The summed E-state index contributed by atoms with van der Waals surface area (Å²) < 4.78 is 2.18. The summed E-state index contributed by atoms with van der Waals surface area (Å²) in [7, 11) is 0. The average molecular weight is 209 g/mol. The minimum atomic E-state index is -0.678. The molecule has 0 aliphatic carbocycles. The van der Waals surface area contributed by atoms with E-state index in [0.717, 1.165) is 25.8 Å². The van der Waals surface area contributed by atoms with Crippen LogP contribution in [0.3, 0.4) is 0 Å². The topological polar surface area (TPSA) is 42.2 Å². The zero-order valence-corrected chi connectivity index (χ0v) is 9.06. The lowest BCUT2D eigenvalue weighted by atomic mass is 10.1. The number of carbonyl (C=O) groups is 1. The maximum absolute atomic E-state index is 10.2. The fourth-order valence-electron chi connectivity index (χ4n) is 1.62. The van der Waals surface area contributed by atoms with Gasteiger partial charge in [0.2, 0.25) is 0 Å². The van der Waals surface area contributed by atoms with E-state index in [4.69, 9.17) is 5.11 Å². The number of carboxylic acid groups (broad SMARTS) is 1. The van der Waals surface area contributed by atoms with Gasteiger partial charge < -0.3 is 9.67 Å². The van der Waals surface area contributed by atoms with Crippen LogP contribution in [0.25, 0.3) is 0 Å². The van der Waals surface area contributed by atoms with E-state index in [2.05, 4.69) is 17.0 Å². The van der Waals surface area contributed by atoms with Gasteiger partial charge in [0.1, 0.15) is 0 Å². The van der Waals surface area contributed by atoms with Crippen molar-refractivity contribution in [3.63, 3.8) is 0 Å². The first-order chi connectivity index (χ1) is 7.29. The Morgan fingerprint density at radius 1 is 1.00 bits per heavy atom. The molecule has 1 heterocycles. The van der Waals surface area contributed by atoms with Crippen molar-refractivity contribution in [3.05, 3.63) is 24.5 Å². The minimum absolute atomic E-state index is 0.317. The monoisotopic (exact) mass is 209 g/mol. The van der Waals surface area contributed by atoms with Gasteiger partial charge in [-0.2, -0.15) is 0 Å². The molecule has 0 amide bonds. The molecule has 15 heavy (non-hydrogen) atoms. The lowest BCUT2D eigenvalue weighted by molar-refractivity contribution is -0.137. The molecule has 84 valence electrons. The molecule has 0 radical (unpaired) electrons. The SMILES string of the molecule is O=C(O)CCCCCCCn1cccc1. The molecule has 0 spiro atoms. The summed E-state index contributed by atoms with van der Waals surface area (Å²) in [5, 5.41) is 8.44. The van der Waals surface area contributed by atoms with Crippen molar-refractivity contribution in [1.82, 2.24) is 4.57 Å². The number of nitrogens with zero attached hydrogens (tertiary/aromatic N) is 1. The molecule has 0 aliphatic rings. The van der Waals surface area contributed by atoms with Crippen LogP contribution >= 0.6 is 0 Å². The molecule has 0 aromatic carbocycles. The number of hydrogen-bond donors (Lipinski definition) is 1. The first kappa shape index (κ1) is 11.8. The molecular weight excluding hydrogens is 190 g/mol. The van der Waals surface area contributed by atoms with E-state index in [1.807, 2.05) is 12.1 Å². The molecule has 1 aromatic rings. The molecule has 1 rings (SSSR count). The standard InChI is InChI=1S/C12H19NO2/c14-12(15)8-4-2-1-3-5-9-13-10-6-7-11-13/h6-7,10-11H,1-5,8-9H2,(H,14,15).